The summed E-state index contributed by atoms with van der Waals surface area (Å²) in [6, 6.07) is 17.1. The number of anilines is 1. The van der Waals surface area contributed by atoms with Crippen LogP contribution in [0.5, 0.6) is 5.75 Å². The molecule has 0 saturated carbocycles. The first-order chi connectivity index (χ1) is 13.8. The van der Waals surface area contributed by atoms with Crippen molar-refractivity contribution >= 4 is 37.7 Å². The summed E-state index contributed by atoms with van der Waals surface area (Å²) in [7, 11) is -3.87. The van der Waals surface area contributed by atoms with Gasteiger partial charge in [0.15, 0.2) is 11.6 Å². The standard InChI is InChI=1S/C20H18BrN3O4S/c21-15-8-10-16(11-9-15)29(27,28)24-17(14-5-2-1-3-6-14)13-19(26)23-20-18(25)7-4-12-22-20/h1-12,17,24-25H,13H2,(H,22,23,26). The number of pyridine rings is 1. The van der Waals surface area contributed by atoms with E-state index in [1.54, 1.807) is 42.5 Å². The number of amides is 1. The molecule has 3 N–H and O–H groups in total. The number of carbonyl (C=O) groups is 1. The van der Waals surface area contributed by atoms with Crippen molar-refractivity contribution in [2.75, 3.05) is 5.32 Å². The second kappa shape index (κ2) is 9.17. The largest absolute Gasteiger partial charge is 0.504 e. The van der Waals surface area contributed by atoms with E-state index in [4.69, 9.17) is 0 Å². The molecule has 0 bridgehead atoms. The number of nitrogens with zero attached hydrogens (tertiary/aromatic N) is 1. The molecule has 7 nitrogen and oxygen atoms in total. The molecule has 150 valence electrons. The molecule has 0 radical (unpaired) electrons. The van der Waals surface area contributed by atoms with E-state index in [1.807, 2.05) is 0 Å². The maximum atomic E-state index is 12.8. The summed E-state index contributed by atoms with van der Waals surface area (Å²) in [6.07, 6.45) is 1.25. The first kappa shape index (κ1) is 21.0. The molecule has 1 atom stereocenters. The maximum Gasteiger partial charge on any atom is 0.241 e. The number of halogens is 1. The number of hydrogen-bond acceptors (Lipinski definition) is 5. The van der Waals surface area contributed by atoms with Gasteiger partial charge in [-0.2, -0.15) is 0 Å². The molecule has 29 heavy (non-hydrogen) atoms. The van der Waals surface area contributed by atoms with Crippen molar-refractivity contribution in [3.05, 3.63) is 83.0 Å². The van der Waals surface area contributed by atoms with Crippen molar-refractivity contribution in [2.24, 2.45) is 0 Å². The van der Waals surface area contributed by atoms with E-state index >= 15 is 0 Å². The van der Waals surface area contributed by atoms with Crippen LogP contribution in [0.4, 0.5) is 5.82 Å². The van der Waals surface area contributed by atoms with E-state index < -0.39 is 22.0 Å². The lowest BCUT2D eigenvalue weighted by atomic mass is 10.0. The van der Waals surface area contributed by atoms with Gasteiger partial charge in [0.2, 0.25) is 15.9 Å². The Balaban J connectivity index is 1.82. The van der Waals surface area contributed by atoms with E-state index in [-0.39, 0.29) is 22.9 Å². The van der Waals surface area contributed by atoms with Crippen molar-refractivity contribution in [3.63, 3.8) is 0 Å². The number of aromatic nitrogens is 1. The van der Waals surface area contributed by atoms with Gasteiger partial charge in [-0.05, 0) is 42.0 Å². The summed E-state index contributed by atoms with van der Waals surface area (Å²) in [5.41, 5.74) is 0.633. The molecule has 1 heterocycles. The highest BCUT2D eigenvalue weighted by molar-refractivity contribution is 9.10. The van der Waals surface area contributed by atoms with Crippen LogP contribution >= 0.6 is 15.9 Å². The smallest absolute Gasteiger partial charge is 0.241 e. The highest BCUT2D eigenvalue weighted by Crippen LogP contribution is 2.24. The molecule has 0 aliphatic rings. The monoisotopic (exact) mass is 475 g/mol. The van der Waals surface area contributed by atoms with Crippen molar-refractivity contribution in [3.8, 4) is 5.75 Å². The van der Waals surface area contributed by atoms with Gasteiger partial charge in [-0.3, -0.25) is 4.79 Å². The summed E-state index contributed by atoms with van der Waals surface area (Å²) in [6.45, 7) is 0. The third-order valence-electron chi connectivity index (χ3n) is 4.06. The molecule has 0 aliphatic heterocycles. The lowest BCUT2D eigenvalue weighted by Crippen LogP contribution is -2.31. The molecule has 2 aromatic carbocycles. The van der Waals surface area contributed by atoms with E-state index in [9.17, 15) is 18.3 Å². The fourth-order valence-electron chi connectivity index (χ4n) is 2.64. The van der Waals surface area contributed by atoms with Crippen LogP contribution in [0, 0.1) is 0 Å². The molecule has 1 aromatic heterocycles. The van der Waals surface area contributed by atoms with Gasteiger partial charge in [0.05, 0.1) is 10.9 Å². The Morgan fingerprint density at radius 2 is 1.72 bits per heavy atom. The van der Waals surface area contributed by atoms with Crippen molar-refractivity contribution in [2.45, 2.75) is 17.4 Å². The predicted molar refractivity (Wildman–Crippen MR) is 113 cm³/mol. The minimum atomic E-state index is -3.87. The van der Waals surface area contributed by atoms with Crippen LogP contribution < -0.4 is 10.0 Å². The average molecular weight is 476 g/mol. The quantitative estimate of drug-likeness (QED) is 0.483. The molecule has 3 aromatic rings. The molecule has 9 heteroatoms. The van der Waals surface area contributed by atoms with Crippen molar-refractivity contribution in [1.82, 2.24) is 9.71 Å². The van der Waals surface area contributed by atoms with E-state index in [0.29, 0.717) is 5.56 Å². The molecule has 3 rings (SSSR count). The number of nitrogens with one attached hydrogen (secondary N) is 2. The van der Waals surface area contributed by atoms with Gasteiger partial charge < -0.3 is 10.4 Å². The van der Waals surface area contributed by atoms with Gasteiger partial charge in [0.25, 0.3) is 0 Å². The minimum absolute atomic E-state index is 0.0140. The van der Waals surface area contributed by atoms with Crippen LogP contribution in [0.1, 0.15) is 18.0 Å². The Hall–Kier alpha value is -2.75. The van der Waals surface area contributed by atoms with E-state index in [1.165, 1.54) is 30.5 Å². The SMILES string of the molecule is O=C(CC(NS(=O)(=O)c1ccc(Br)cc1)c1ccccc1)Nc1ncccc1O. The zero-order chi connectivity index (χ0) is 20.9. The molecule has 0 saturated heterocycles. The maximum absolute atomic E-state index is 12.8. The highest BCUT2D eigenvalue weighted by atomic mass is 79.9. The summed E-state index contributed by atoms with van der Waals surface area (Å²) < 4.78 is 29.0. The fraction of sp³-hybridized carbons (Fsp3) is 0.100. The predicted octanol–water partition coefficient (Wildman–Crippen LogP) is 3.60. The Morgan fingerprint density at radius 1 is 1.03 bits per heavy atom. The Morgan fingerprint density at radius 3 is 2.38 bits per heavy atom. The van der Waals surface area contributed by atoms with Crippen LogP contribution in [0.25, 0.3) is 0 Å². The lowest BCUT2D eigenvalue weighted by Gasteiger charge is -2.19. The van der Waals surface area contributed by atoms with Crippen molar-refractivity contribution in [1.29, 1.82) is 0 Å². The Bertz CT molecular complexity index is 1090. The summed E-state index contributed by atoms with van der Waals surface area (Å²) in [4.78, 5) is 16.5. The minimum Gasteiger partial charge on any atom is -0.504 e. The normalized spacial score (nSPS) is 12.3. The van der Waals surface area contributed by atoms with Crippen LogP contribution in [-0.2, 0) is 14.8 Å². The average Bonchev–Trinajstić information content (AvgIpc) is 2.70. The van der Waals surface area contributed by atoms with E-state index in [0.717, 1.165) is 4.47 Å². The van der Waals surface area contributed by atoms with Crippen LogP contribution in [0.15, 0.2) is 82.3 Å². The zero-order valence-electron chi connectivity index (χ0n) is 15.1. The second-order valence-electron chi connectivity index (χ2n) is 6.16. The first-order valence-corrected chi connectivity index (χ1v) is 10.9. The number of hydrogen-bond donors (Lipinski definition) is 3. The number of aromatic hydroxyl groups is 1. The van der Waals surface area contributed by atoms with Gasteiger partial charge in [-0.25, -0.2) is 18.1 Å². The van der Waals surface area contributed by atoms with E-state index in [2.05, 4.69) is 31.0 Å². The number of benzene rings is 2. The molecular weight excluding hydrogens is 458 g/mol. The Labute approximate surface area is 177 Å². The molecule has 0 aliphatic carbocycles. The van der Waals surface area contributed by atoms with Gasteiger partial charge in [-0.1, -0.05) is 46.3 Å². The topological polar surface area (TPSA) is 108 Å². The number of rotatable bonds is 7. The second-order valence-corrected chi connectivity index (χ2v) is 8.79. The molecule has 1 amide bonds. The number of sulfonamides is 1. The highest BCUT2D eigenvalue weighted by Gasteiger charge is 2.24. The third kappa shape index (κ3) is 5.63. The van der Waals surface area contributed by atoms with Crippen LogP contribution in [-0.4, -0.2) is 24.4 Å². The molecule has 0 fully saturated rings. The molecule has 1 unspecified atom stereocenters. The third-order valence-corrected chi connectivity index (χ3v) is 6.07. The van der Waals surface area contributed by atoms with Gasteiger partial charge in [0.1, 0.15) is 0 Å². The summed E-state index contributed by atoms with van der Waals surface area (Å²) in [5, 5.41) is 12.3. The summed E-state index contributed by atoms with van der Waals surface area (Å²) in [5.74, 6) is -0.654. The van der Waals surface area contributed by atoms with Gasteiger partial charge in [0, 0.05) is 17.1 Å². The fourth-order valence-corrected chi connectivity index (χ4v) is 4.13. The summed E-state index contributed by atoms with van der Waals surface area (Å²) >= 11 is 3.28. The molecule has 0 spiro atoms. The zero-order valence-corrected chi connectivity index (χ0v) is 17.5. The lowest BCUT2D eigenvalue weighted by molar-refractivity contribution is -0.116. The Kier molecular flexibility index (Phi) is 6.63. The number of carbonyl (C=O) groups excluding carboxylic acids is 1. The van der Waals surface area contributed by atoms with Gasteiger partial charge >= 0.3 is 0 Å². The molecular formula is C20H18BrN3O4S. The van der Waals surface area contributed by atoms with Gasteiger partial charge in [-0.15, -0.1) is 0 Å². The van der Waals surface area contributed by atoms with Crippen molar-refractivity contribution < 1.29 is 18.3 Å². The first-order valence-electron chi connectivity index (χ1n) is 8.62. The van der Waals surface area contributed by atoms with Crippen LogP contribution in [0.3, 0.4) is 0 Å². The van der Waals surface area contributed by atoms with Crippen LogP contribution in [0.2, 0.25) is 0 Å².